The van der Waals surface area contributed by atoms with Crippen molar-refractivity contribution in [2.24, 2.45) is 17.3 Å². The van der Waals surface area contributed by atoms with Crippen LogP contribution in [-0.2, 0) is 32.1 Å². The van der Waals surface area contributed by atoms with Crippen LogP contribution >= 0.6 is 0 Å². The van der Waals surface area contributed by atoms with Crippen molar-refractivity contribution in [1.82, 2.24) is 35.0 Å². The predicted octanol–water partition coefficient (Wildman–Crippen LogP) is 7.11. The molecule has 4 aromatic rings. The summed E-state index contributed by atoms with van der Waals surface area (Å²) in [5.74, 6) is -2.09. The van der Waals surface area contributed by atoms with Gasteiger partial charge in [0, 0.05) is 66.8 Å². The van der Waals surface area contributed by atoms with E-state index in [-0.39, 0.29) is 61.3 Å². The van der Waals surface area contributed by atoms with Gasteiger partial charge in [0.1, 0.15) is 29.6 Å². The molecule has 320 valence electrons. The number of amides is 3. The molecule has 2 aromatic carbocycles. The van der Waals surface area contributed by atoms with E-state index in [2.05, 4.69) is 15.6 Å². The Bertz CT molecular complexity index is 2190. The molecule has 2 fully saturated rings. The number of imidazole rings is 1. The molecule has 0 aliphatic carbocycles. The van der Waals surface area contributed by atoms with Gasteiger partial charge in [0.15, 0.2) is 5.82 Å². The summed E-state index contributed by atoms with van der Waals surface area (Å²) in [6.07, 6.45) is 1.54. The molecule has 14 heteroatoms. The minimum atomic E-state index is -1.27. The third-order valence-electron chi connectivity index (χ3n) is 12.6. The number of alkyl halides is 1. The smallest absolute Gasteiger partial charge is 0.246 e. The van der Waals surface area contributed by atoms with Crippen molar-refractivity contribution in [1.29, 1.82) is 0 Å². The third kappa shape index (κ3) is 9.22. The first kappa shape index (κ1) is 43.8. The minimum absolute atomic E-state index is 0.0388. The zero-order chi connectivity index (χ0) is 42.9. The minimum Gasteiger partial charge on any atom is -0.352 e. The molecule has 6 rings (SSSR count). The van der Waals surface area contributed by atoms with Gasteiger partial charge in [-0.15, -0.1) is 0 Å². The van der Waals surface area contributed by atoms with Gasteiger partial charge >= 0.3 is 0 Å². The molecule has 0 spiro atoms. The summed E-state index contributed by atoms with van der Waals surface area (Å²) in [4.78, 5) is 66.3. The summed E-state index contributed by atoms with van der Waals surface area (Å²) in [6.45, 7) is 13.9. The Kier molecular flexibility index (Phi) is 13.3. The lowest BCUT2D eigenvalue weighted by atomic mass is 9.85. The van der Waals surface area contributed by atoms with Crippen molar-refractivity contribution < 1.29 is 32.3 Å². The molecule has 59 heavy (non-hydrogen) atoms. The van der Waals surface area contributed by atoms with Crippen molar-refractivity contribution in [2.75, 3.05) is 20.1 Å². The number of hydrogen-bond acceptors (Lipinski definition) is 6. The van der Waals surface area contributed by atoms with Gasteiger partial charge in [-0.25, -0.2) is 18.2 Å². The SMILES string of the molecule is CC[C@H](CC(=O)[C@H](C)NC)C(=O)N1C[C@@H](F)C[C@H]1Cc1c(-c2nc3cc(F)ccc3n2C[C@@H]2CCCN2C(=O)[C@@H](NC(=O)[C@H](C)CC)C(C)(C)C)[nH]c2cc(F)ccc12. The monoisotopic (exact) mass is 819 g/mol. The first-order chi connectivity index (χ1) is 27.9. The van der Waals surface area contributed by atoms with Crippen LogP contribution in [0.25, 0.3) is 33.5 Å². The molecule has 0 unspecified atom stereocenters. The summed E-state index contributed by atoms with van der Waals surface area (Å²) in [7, 11) is 1.69. The van der Waals surface area contributed by atoms with E-state index >= 15 is 4.39 Å². The van der Waals surface area contributed by atoms with Crippen LogP contribution in [0.15, 0.2) is 36.4 Å². The number of benzene rings is 2. The van der Waals surface area contributed by atoms with Crippen molar-refractivity contribution >= 4 is 45.4 Å². The van der Waals surface area contributed by atoms with Crippen LogP contribution in [0.2, 0.25) is 0 Å². The highest BCUT2D eigenvalue weighted by molar-refractivity contribution is 5.93. The predicted molar refractivity (Wildman–Crippen MR) is 223 cm³/mol. The molecule has 2 aliphatic heterocycles. The van der Waals surface area contributed by atoms with Gasteiger partial charge in [0.05, 0.1) is 29.3 Å². The fourth-order valence-electron chi connectivity index (χ4n) is 8.70. The summed E-state index contributed by atoms with van der Waals surface area (Å²) in [5, 5.41) is 6.65. The average Bonchev–Trinajstić information content (AvgIpc) is 3.98. The van der Waals surface area contributed by atoms with E-state index in [4.69, 9.17) is 4.98 Å². The lowest BCUT2D eigenvalue weighted by molar-refractivity contribution is -0.141. The van der Waals surface area contributed by atoms with Crippen molar-refractivity contribution in [2.45, 2.75) is 130 Å². The number of halogens is 3. The number of rotatable bonds is 15. The molecule has 0 radical (unpaired) electrons. The zero-order valence-corrected chi connectivity index (χ0v) is 35.6. The van der Waals surface area contributed by atoms with E-state index in [1.54, 1.807) is 31.0 Å². The van der Waals surface area contributed by atoms with E-state index < -0.39 is 47.3 Å². The Morgan fingerprint density at radius 2 is 1.68 bits per heavy atom. The molecule has 2 aliphatic rings. The standard InChI is InChI=1S/C45H60F3N7O4/c1-9-25(3)42(57)52-40(45(5,6)7)44(59)53-17-11-12-31(53)24-55-37-16-14-29(47)21-36(37)51-41(55)39-34(33-15-13-28(46)20-35(33)50-39)22-32-19-30(48)23-54(32)43(58)27(10-2)18-38(56)26(4)49-8/h13-16,20-21,25-27,30-32,40,49-50H,9-12,17-19,22-24H2,1-8H3,(H,52,57)/t25-,26+,27-,30+,31+,32+,40-/m1/s1. The molecule has 4 heterocycles. The second kappa shape index (κ2) is 17.9. The van der Waals surface area contributed by atoms with Crippen molar-refractivity contribution in [3.05, 3.63) is 53.6 Å². The van der Waals surface area contributed by atoms with Gasteiger partial charge in [0.2, 0.25) is 17.7 Å². The normalized spacial score (nSPS) is 20.6. The third-order valence-corrected chi connectivity index (χ3v) is 12.6. The highest BCUT2D eigenvalue weighted by atomic mass is 19.1. The number of carbonyl (C=O) groups is 4. The first-order valence-corrected chi connectivity index (χ1v) is 21.2. The van der Waals surface area contributed by atoms with E-state index in [0.29, 0.717) is 71.4 Å². The number of H-pyrrole nitrogens is 1. The average molecular weight is 820 g/mol. The number of nitrogens with zero attached hydrogens (tertiary/aromatic N) is 4. The van der Waals surface area contributed by atoms with Gasteiger partial charge in [-0.1, -0.05) is 41.5 Å². The van der Waals surface area contributed by atoms with Crippen LogP contribution in [0.5, 0.6) is 0 Å². The van der Waals surface area contributed by atoms with Crippen molar-refractivity contribution in [3.8, 4) is 11.5 Å². The second-order valence-corrected chi connectivity index (χ2v) is 17.8. The Morgan fingerprint density at radius 1 is 0.966 bits per heavy atom. The van der Waals surface area contributed by atoms with Gasteiger partial charge in [0.25, 0.3) is 0 Å². The number of likely N-dealkylation sites (tertiary alicyclic amines) is 2. The van der Waals surface area contributed by atoms with E-state index in [1.165, 1.54) is 24.3 Å². The van der Waals surface area contributed by atoms with Crippen LogP contribution in [0.1, 0.15) is 92.6 Å². The molecule has 0 bridgehead atoms. The number of nitrogens with one attached hydrogen (secondary N) is 3. The molecule has 2 aromatic heterocycles. The number of aromatic nitrogens is 3. The van der Waals surface area contributed by atoms with E-state index in [9.17, 15) is 28.0 Å². The topological polar surface area (TPSA) is 132 Å². The second-order valence-electron chi connectivity index (χ2n) is 17.8. The van der Waals surface area contributed by atoms with Crippen molar-refractivity contribution in [3.63, 3.8) is 0 Å². The van der Waals surface area contributed by atoms with Crippen LogP contribution < -0.4 is 10.6 Å². The Hall–Kier alpha value is -4.72. The molecule has 0 saturated carbocycles. The lowest BCUT2D eigenvalue weighted by Crippen LogP contribution is -2.56. The fraction of sp³-hybridized carbons (Fsp3) is 0.578. The molecule has 3 amide bonds. The number of fused-ring (bicyclic) bond motifs is 2. The molecular formula is C45H60F3N7O4. The first-order valence-electron chi connectivity index (χ1n) is 21.2. The van der Waals surface area contributed by atoms with E-state index in [0.717, 1.165) is 6.42 Å². The maximum atomic E-state index is 15.4. The molecule has 7 atom stereocenters. The molecule has 11 nitrogen and oxygen atoms in total. The number of carbonyl (C=O) groups excluding carboxylic acids is 4. The summed E-state index contributed by atoms with van der Waals surface area (Å²) in [5.41, 5.74) is 2.13. The number of Topliss-reactive ketones (excluding diaryl/α,β-unsaturated/α-hetero) is 1. The van der Waals surface area contributed by atoms with Gasteiger partial charge < -0.3 is 30.0 Å². The highest BCUT2D eigenvalue weighted by Gasteiger charge is 2.42. The molecular weight excluding hydrogens is 760 g/mol. The van der Waals surface area contributed by atoms with Crippen LogP contribution in [0.3, 0.4) is 0 Å². The van der Waals surface area contributed by atoms with Gasteiger partial charge in [-0.2, -0.15) is 0 Å². The number of hydrogen-bond donors (Lipinski definition) is 3. The summed E-state index contributed by atoms with van der Waals surface area (Å²) >= 11 is 0. The quantitative estimate of drug-likeness (QED) is 0.117. The van der Waals surface area contributed by atoms with Crippen LogP contribution in [0.4, 0.5) is 13.2 Å². The molecule has 2 saturated heterocycles. The largest absolute Gasteiger partial charge is 0.352 e. The maximum Gasteiger partial charge on any atom is 0.246 e. The Morgan fingerprint density at radius 3 is 2.36 bits per heavy atom. The summed E-state index contributed by atoms with van der Waals surface area (Å²) < 4.78 is 47.0. The van der Waals surface area contributed by atoms with Gasteiger partial charge in [-0.05, 0) is 87.4 Å². The number of likely N-dealkylation sites (N-methyl/N-ethyl adjacent to an activating group) is 1. The van der Waals surface area contributed by atoms with E-state index in [1.807, 2.05) is 51.0 Å². The lowest BCUT2D eigenvalue weighted by Gasteiger charge is -2.36. The fourth-order valence-corrected chi connectivity index (χ4v) is 8.70. The van der Waals surface area contributed by atoms with Gasteiger partial charge in [-0.3, -0.25) is 19.2 Å². The van der Waals surface area contributed by atoms with Crippen LogP contribution in [-0.4, -0.2) is 98.3 Å². The maximum absolute atomic E-state index is 15.4. The number of ketones is 1. The highest BCUT2D eigenvalue weighted by Crippen LogP contribution is 2.38. The Balaban J connectivity index is 1.40. The van der Waals surface area contributed by atoms with Crippen LogP contribution in [0, 0.1) is 28.9 Å². The molecule has 3 N–H and O–H groups in total. The Labute approximate surface area is 344 Å². The summed E-state index contributed by atoms with van der Waals surface area (Å²) in [6, 6.07) is 6.70. The zero-order valence-electron chi connectivity index (χ0n) is 35.6. The number of aromatic amines is 1.